The van der Waals surface area contributed by atoms with Crippen LogP contribution in [0.3, 0.4) is 0 Å². The Morgan fingerprint density at radius 2 is 1.79 bits per heavy atom. The zero-order valence-electron chi connectivity index (χ0n) is 15.0. The van der Waals surface area contributed by atoms with Gasteiger partial charge in [-0.2, -0.15) is 13.2 Å². The van der Waals surface area contributed by atoms with Crippen molar-refractivity contribution < 1.29 is 18.0 Å². The number of piperazine rings is 1. The van der Waals surface area contributed by atoms with Crippen molar-refractivity contribution in [2.24, 2.45) is 0 Å². The van der Waals surface area contributed by atoms with Crippen LogP contribution >= 0.6 is 23.5 Å². The Labute approximate surface area is 170 Å². The van der Waals surface area contributed by atoms with E-state index in [-0.39, 0.29) is 16.9 Å². The summed E-state index contributed by atoms with van der Waals surface area (Å²) >= 11 is 7.34. The van der Waals surface area contributed by atoms with Crippen LogP contribution in [-0.2, 0) is 11.0 Å². The molecule has 0 radical (unpaired) electrons. The molecular formula is C18H18ClF3N4OS. The average Bonchev–Trinajstić information content (AvgIpc) is 2.62. The van der Waals surface area contributed by atoms with E-state index >= 15 is 0 Å². The third-order valence-electron chi connectivity index (χ3n) is 4.08. The Morgan fingerprint density at radius 1 is 1.14 bits per heavy atom. The van der Waals surface area contributed by atoms with Gasteiger partial charge in [-0.05, 0) is 48.3 Å². The van der Waals surface area contributed by atoms with E-state index in [1.165, 1.54) is 6.92 Å². The van der Waals surface area contributed by atoms with Gasteiger partial charge in [0, 0.05) is 43.7 Å². The Bertz CT molecular complexity index is 840. The molecule has 0 saturated carbocycles. The van der Waals surface area contributed by atoms with Gasteiger partial charge >= 0.3 is 6.18 Å². The van der Waals surface area contributed by atoms with Gasteiger partial charge in [-0.3, -0.25) is 4.79 Å². The van der Waals surface area contributed by atoms with Gasteiger partial charge in [0.25, 0.3) is 0 Å². The number of nitrogens with zero attached hydrogens (tertiary/aromatic N) is 3. The zero-order chi connectivity index (χ0) is 20.3. The number of hydrogen-bond acceptors (Lipinski definition) is 5. The molecule has 0 unspecified atom stereocenters. The molecule has 0 aliphatic carbocycles. The molecule has 10 heteroatoms. The van der Waals surface area contributed by atoms with Crippen LogP contribution in [0.25, 0.3) is 0 Å². The van der Waals surface area contributed by atoms with Crippen molar-refractivity contribution in [1.82, 2.24) is 9.29 Å². The second kappa shape index (κ2) is 8.59. The Kier molecular flexibility index (Phi) is 6.36. The SMILES string of the molecule is CC(=O)Nc1ccc(SN2CCN(c3cc(C(F)(F)F)cc(Cl)n3)CC2)cc1. The molecule has 1 N–H and O–H groups in total. The van der Waals surface area contributed by atoms with Gasteiger partial charge in [0.2, 0.25) is 5.91 Å². The predicted octanol–water partition coefficient (Wildman–Crippen LogP) is 4.54. The van der Waals surface area contributed by atoms with Gasteiger partial charge in [0.15, 0.2) is 0 Å². The smallest absolute Gasteiger partial charge is 0.354 e. The summed E-state index contributed by atoms with van der Waals surface area (Å²) < 4.78 is 41.1. The third kappa shape index (κ3) is 5.52. The quantitative estimate of drug-likeness (QED) is 0.570. The van der Waals surface area contributed by atoms with Crippen LogP contribution in [0, 0.1) is 0 Å². The highest BCUT2D eigenvalue weighted by Gasteiger charge is 2.32. The molecule has 0 atom stereocenters. The Hall–Kier alpha value is -1.97. The largest absolute Gasteiger partial charge is 0.416 e. The maximum absolute atomic E-state index is 13.0. The van der Waals surface area contributed by atoms with Crippen molar-refractivity contribution in [1.29, 1.82) is 0 Å². The van der Waals surface area contributed by atoms with Gasteiger partial charge < -0.3 is 10.2 Å². The monoisotopic (exact) mass is 430 g/mol. The highest BCUT2D eigenvalue weighted by Crippen LogP contribution is 2.33. The van der Waals surface area contributed by atoms with Crippen molar-refractivity contribution in [3.05, 3.63) is 47.1 Å². The van der Waals surface area contributed by atoms with Gasteiger partial charge in [0.1, 0.15) is 11.0 Å². The van der Waals surface area contributed by atoms with Gasteiger partial charge in [0.05, 0.1) is 5.56 Å². The van der Waals surface area contributed by atoms with E-state index in [0.29, 0.717) is 26.2 Å². The Balaban J connectivity index is 1.59. The minimum atomic E-state index is -4.46. The number of carbonyl (C=O) groups excluding carboxylic acids is 1. The summed E-state index contributed by atoms with van der Waals surface area (Å²) in [6.07, 6.45) is -4.46. The summed E-state index contributed by atoms with van der Waals surface area (Å²) in [4.78, 5) is 17.9. The number of pyridine rings is 1. The standard InChI is InChI=1S/C18H18ClF3N4OS/c1-12(27)23-14-2-4-15(5-3-14)28-26-8-6-25(7-9-26)17-11-13(18(20,21)22)10-16(19)24-17/h2-5,10-11H,6-9H2,1H3,(H,23,27). The molecular weight excluding hydrogens is 413 g/mol. The summed E-state index contributed by atoms with van der Waals surface area (Å²) in [5, 5.41) is 2.55. The molecule has 2 heterocycles. The highest BCUT2D eigenvalue weighted by atomic mass is 35.5. The molecule has 1 saturated heterocycles. The molecule has 1 aliphatic rings. The van der Waals surface area contributed by atoms with Crippen molar-refractivity contribution >= 4 is 41.0 Å². The molecule has 1 amide bonds. The van der Waals surface area contributed by atoms with Crippen LogP contribution in [0.4, 0.5) is 24.7 Å². The number of hydrogen-bond donors (Lipinski definition) is 1. The number of halogens is 4. The van der Waals surface area contributed by atoms with E-state index in [1.54, 1.807) is 16.8 Å². The fraction of sp³-hybridized carbons (Fsp3) is 0.333. The molecule has 5 nitrogen and oxygen atoms in total. The van der Waals surface area contributed by atoms with E-state index in [1.807, 2.05) is 24.3 Å². The first-order chi connectivity index (χ1) is 13.2. The molecule has 28 heavy (non-hydrogen) atoms. The molecule has 1 aromatic heterocycles. The van der Waals surface area contributed by atoms with Crippen molar-refractivity contribution in [2.45, 2.75) is 18.0 Å². The molecule has 150 valence electrons. The number of rotatable bonds is 4. The van der Waals surface area contributed by atoms with Crippen LogP contribution in [0.15, 0.2) is 41.3 Å². The van der Waals surface area contributed by atoms with Crippen molar-refractivity contribution in [3.8, 4) is 0 Å². The van der Waals surface area contributed by atoms with E-state index in [0.717, 1.165) is 22.7 Å². The summed E-state index contributed by atoms with van der Waals surface area (Å²) in [7, 11) is 0. The molecule has 3 rings (SSSR count). The summed E-state index contributed by atoms with van der Waals surface area (Å²) in [6.45, 7) is 3.86. The molecule has 1 fully saturated rings. The molecule has 1 aliphatic heterocycles. The van der Waals surface area contributed by atoms with E-state index < -0.39 is 11.7 Å². The van der Waals surface area contributed by atoms with Crippen LogP contribution in [-0.4, -0.2) is 41.4 Å². The number of alkyl halides is 3. The fourth-order valence-electron chi connectivity index (χ4n) is 2.77. The second-order valence-corrected chi connectivity index (χ2v) is 7.81. The molecule has 0 bridgehead atoms. The van der Waals surface area contributed by atoms with Gasteiger partial charge in [-0.25, -0.2) is 9.29 Å². The van der Waals surface area contributed by atoms with Crippen LogP contribution in [0.2, 0.25) is 5.15 Å². The van der Waals surface area contributed by atoms with Crippen LogP contribution in [0.5, 0.6) is 0 Å². The lowest BCUT2D eigenvalue weighted by molar-refractivity contribution is -0.137. The summed E-state index contributed by atoms with van der Waals surface area (Å²) in [5.74, 6) is 0.115. The van der Waals surface area contributed by atoms with E-state index in [9.17, 15) is 18.0 Å². The maximum atomic E-state index is 13.0. The zero-order valence-corrected chi connectivity index (χ0v) is 16.5. The number of carbonyl (C=O) groups is 1. The fourth-order valence-corrected chi connectivity index (χ4v) is 3.87. The van der Waals surface area contributed by atoms with Gasteiger partial charge in [-0.1, -0.05) is 11.6 Å². The number of aromatic nitrogens is 1. The first-order valence-electron chi connectivity index (χ1n) is 8.51. The van der Waals surface area contributed by atoms with Crippen LogP contribution < -0.4 is 10.2 Å². The number of amides is 1. The number of anilines is 2. The topological polar surface area (TPSA) is 48.5 Å². The lowest BCUT2D eigenvalue weighted by Gasteiger charge is -2.34. The third-order valence-corrected chi connectivity index (χ3v) is 5.38. The summed E-state index contributed by atoms with van der Waals surface area (Å²) in [5.41, 5.74) is -0.0623. The Morgan fingerprint density at radius 3 is 2.36 bits per heavy atom. The molecule has 1 aromatic carbocycles. The minimum Gasteiger partial charge on any atom is -0.354 e. The van der Waals surface area contributed by atoms with Crippen molar-refractivity contribution in [2.75, 3.05) is 36.4 Å². The average molecular weight is 431 g/mol. The number of nitrogens with one attached hydrogen (secondary N) is 1. The highest BCUT2D eigenvalue weighted by molar-refractivity contribution is 7.97. The maximum Gasteiger partial charge on any atom is 0.416 e. The lowest BCUT2D eigenvalue weighted by Crippen LogP contribution is -2.43. The van der Waals surface area contributed by atoms with Crippen LogP contribution in [0.1, 0.15) is 12.5 Å². The molecule has 0 spiro atoms. The first kappa shape index (κ1) is 20.8. The second-order valence-electron chi connectivity index (χ2n) is 6.25. The molecule has 2 aromatic rings. The first-order valence-corrected chi connectivity index (χ1v) is 9.66. The summed E-state index contributed by atoms with van der Waals surface area (Å²) in [6, 6.07) is 9.35. The van der Waals surface area contributed by atoms with E-state index in [4.69, 9.17) is 11.6 Å². The van der Waals surface area contributed by atoms with Crippen molar-refractivity contribution in [3.63, 3.8) is 0 Å². The van der Waals surface area contributed by atoms with E-state index in [2.05, 4.69) is 14.6 Å². The predicted molar refractivity (Wildman–Crippen MR) is 105 cm³/mol. The normalized spacial score (nSPS) is 15.5. The lowest BCUT2D eigenvalue weighted by atomic mass is 10.2. The number of benzene rings is 1. The minimum absolute atomic E-state index is 0.125. The van der Waals surface area contributed by atoms with Gasteiger partial charge in [-0.15, -0.1) is 0 Å².